The molecule has 0 radical (unpaired) electrons. The minimum atomic E-state index is 0.0333. The van der Waals surface area contributed by atoms with E-state index in [0.29, 0.717) is 6.42 Å². The lowest BCUT2D eigenvalue weighted by Crippen LogP contribution is -1.86. The Labute approximate surface area is 87.7 Å². The zero-order chi connectivity index (χ0) is 9.94. The molecule has 2 heteroatoms. The SMILES string of the molecule is CCCCCCCCCCC(=O)S. The molecule has 0 aliphatic carbocycles. The van der Waals surface area contributed by atoms with Crippen LogP contribution in [0.5, 0.6) is 0 Å². The molecular weight excluding hydrogens is 180 g/mol. The van der Waals surface area contributed by atoms with E-state index in [0.717, 1.165) is 6.42 Å². The topological polar surface area (TPSA) is 17.1 Å². The summed E-state index contributed by atoms with van der Waals surface area (Å²) in [7, 11) is 0. The van der Waals surface area contributed by atoms with Gasteiger partial charge in [-0.15, -0.1) is 12.6 Å². The van der Waals surface area contributed by atoms with Crippen LogP contribution in [0.15, 0.2) is 0 Å². The third kappa shape index (κ3) is 12.0. The van der Waals surface area contributed by atoms with Gasteiger partial charge in [0.05, 0.1) is 0 Å². The van der Waals surface area contributed by atoms with Crippen LogP contribution in [0, 0.1) is 0 Å². The van der Waals surface area contributed by atoms with Crippen LogP contribution >= 0.6 is 12.6 Å². The maximum atomic E-state index is 10.5. The smallest absolute Gasteiger partial charge is 0.185 e. The minimum absolute atomic E-state index is 0.0333. The van der Waals surface area contributed by atoms with Crippen LogP contribution in [0.2, 0.25) is 0 Å². The molecule has 0 aromatic rings. The summed E-state index contributed by atoms with van der Waals surface area (Å²) in [5, 5.41) is 0.0333. The summed E-state index contributed by atoms with van der Waals surface area (Å²) in [5.41, 5.74) is 0. The van der Waals surface area contributed by atoms with E-state index in [-0.39, 0.29) is 5.12 Å². The van der Waals surface area contributed by atoms with Crippen LogP contribution in [-0.2, 0) is 4.79 Å². The summed E-state index contributed by atoms with van der Waals surface area (Å²) in [6, 6.07) is 0. The predicted molar refractivity (Wildman–Crippen MR) is 61.2 cm³/mol. The Morgan fingerprint density at radius 2 is 1.38 bits per heavy atom. The summed E-state index contributed by atoms with van der Waals surface area (Å²) in [6.07, 6.45) is 10.9. The van der Waals surface area contributed by atoms with Gasteiger partial charge in [0.1, 0.15) is 0 Å². The van der Waals surface area contributed by atoms with E-state index in [1.165, 1.54) is 44.9 Å². The Morgan fingerprint density at radius 1 is 0.923 bits per heavy atom. The third-order valence-electron chi connectivity index (χ3n) is 2.24. The first-order valence-corrected chi connectivity index (χ1v) is 5.94. The molecule has 0 unspecified atom stereocenters. The van der Waals surface area contributed by atoms with Crippen molar-refractivity contribution >= 4 is 17.7 Å². The molecule has 0 aromatic carbocycles. The maximum absolute atomic E-state index is 10.5. The Balaban J connectivity index is 2.87. The average molecular weight is 202 g/mol. The Bertz CT molecular complexity index is 123. The molecule has 0 amide bonds. The lowest BCUT2D eigenvalue weighted by molar-refractivity contribution is -0.110. The monoisotopic (exact) mass is 202 g/mol. The van der Waals surface area contributed by atoms with Crippen LogP contribution in [0.25, 0.3) is 0 Å². The lowest BCUT2D eigenvalue weighted by atomic mass is 10.1. The molecule has 0 rings (SSSR count). The van der Waals surface area contributed by atoms with Crippen LogP contribution in [0.4, 0.5) is 0 Å². The van der Waals surface area contributed by atoms with E-state index < -0.39 is 0 Å². The zero-order valence-electron chi connectivity index (χ0n) is 8.72. The fraction of sp³-hybridized carbons (Fsp3) is 0.909. The molecule has 0 aromatic heterocycles. The lowest BCUT2D eigenvalue weighted by Gasteiger charge is -1.99. The van der Waals surface area contributed by atoms with Crippen molar-refractivity contribution in [3.05, 3.63) is 0 Å². The number of unbranched alkanes of at least 4 members (excludes halogenated alkanes) is 7. The van der Waals surface area contributed by atoms with Gasteiger partial charge in [-0.3, -0.25) is 4.79 Å². The van der Waals surface area contributed by atoms with E-state index in [4.69, 9.17) is 0 Å². The molecule has 0 aliphatic heterocycles. The molecule has 1 nitrogen and oxygen atoms in total. The molecule has 78 valence electrons. The van der Waals surface area contributed by atoms with Crippen molar-refractivity contribution in [1.82, 2.24) is 0 Å². The minimum Gasteiger partial charge on any atom is -0.288 e. The fourth-order valence-electron chi connectivity index (χ4n) is 1.41. The number of carbonyl (C=O) groups excluding carboxylic acids is 1. The average Bonchev–Trinajstić information content (AvgIpc) is 2.09. The molecule has 0 bridgehead atoms. The van der Waals surface area contributed by atoms with Gasteiger partial charge in [-0.25, -0.2) is 0 Å². The van der Waals surface area contributed by atoms with Crippen molar-refractivity contribution in [2.75, 3.05) is 0 Å². The van der Waals surface area contributed by atoms with Gasteiger partial charge in [0.2, 0.25) is 0 Å². The molecule has 0 fully saturated rings. The number of hydrogen-bond acceptors (Lipinski definition) is 1. The van der Waals surface area contributed by atoms with E-state index in [9.17, 15) is 4.79 Å². The van der Waals surface area contributed by atoms with Gasteiger partial charge in [0.25, 0.3) is 0 Å². The van der Waals surface area contributed by atoms with Crippen LogP contribution in [-0.4, -0.2) is 5.12 Å². The quantitative estimate of drug-likeness (QED) is 0.442. The first-order valence-electron chi connectivity index (χ1n) is 5.49. The van der Waals surface area contributed by atoms with Gasteiger partial charge in [-0.1, -0.05) is 51.9 Å². The van der Waals surface area contributed by atoms with E-state index in [1.807, 2.05) is 0 Å². The largest absolute Gasteiger partial charge is 0.288 e. The second kappa shape index (κ2) is 10.1. The highest BCUT2D eigenvalue weighted by atomic mass is 32.1. The fourth-order valence-corrected chi connectivity index (χ4v) is 1.57. The normalized spacial score (nSPS) is 10.3. The molecule has 13 heavy (non-hydrogen) atoms. The van der Waals surface area contributed by atoms with Gasteiger partial charge in [-0.05, 0) is 6.42 Å². The van der Waals surface area contributed by atoms with Crippen molar-refractivity contribution in [2.45, 2.75) is 64.7 Å². The molecular formula is C11H22OS. The van der Waals surface area contributed by atoms with Crippen molar-refractivity contribution in [3.8, 4) is 0 Å². The number of hydrogen-bond donors (Lipinski definition) is 1. The van der Waals surface area contributed by atoms with Gasteiger partial charge in [0, 0.05) is 6.42 Å². The highest BCUT2D eigenvalue weighted by Gasteiger charge is 1.94. The zero-order valence-corrected chi connectivity index (χ0v) is 9.61. The molecule has 0 atom stereocenters. The maximum Gasteiger partial charge on any atom is 0.185 e. The predicted octanol–water partition coefficient (Wildman–Crippen LogP) is 3.97. The van der Waals surface area contributed by atoms with Crippen LogP contribution in [0.1, 0.15) is 64.7 Å². The van der Waals surface area contributed by atoms with E-state index in [1.54, 1.807) is 0 Å². The van der Waals surface area contributed by atoms with Crippen LogP contribution < -0.4 is 0 Å². The Kier molecular flexibility index (Phi) is 10.1. The van der Waals surface area contributed by atoms with E-state index in [2.05, 4.69) is 19.6 Å². The second-order valence-corrected chi connectivity index (χ2v) is 4.12. The molecule has 0 saturated heterocycles. The van der Waals surface area contributed by atoms with Gasteiger partial charge in [0.15, 0.2) is 5.12 Å². The number of thiol groups is 1. The highest BCUT2D eigenvalue weighted by Crippen LogP contribution is 2.09. The first kappa shape index (κ1) is 13.0. The standard InChI is InChI=1S/C11H22OS/c1-2-3-4-5-6-7-8-9-10-11(12)13/h2-10H2,1H3,(H,12,13). The van der Waals surface area contributed by atoms with Crippen molar-refractivity contribution in [1.29, 1.82) is 0 Å². The summed E-state index contributed by atoms with van der Waals surface area (Å²) < 4.78 is 0. The van der Waals surface area contributed by atoms with Gasteiger partial charge >= 0.3 is 0 Å². The van der Waals surface area contributed by atoms with E-state index >= 15 is 0 Å². The molecule has 0 saturated carbocycles. The summed E-state index contributed by atoms with van der Waals surface area (Å²) in [4.78, 5) is 10.5. The van der Waals surface area contributed by atoms with Crippen LogP contribution in [0.3, 0.4) is 0 Å². The Morgan fingerprint density at radius 3 is 1.85 bits per heavy atom. The van der Waals surface area contributed by atoms with Gasteiger partial charge in [-0.2, -0.15) is 0 Å². The third-order valence-corrected chi connectivity index (χ3v) is 2.47. The first-order chi connectivity index (χ1) is 6.27. The summed E-state index contributed by atoms with van der Waals surface area (Å²) in [5.74, 6) is 0. The molecule has 0 spiro atoms. The molecule has 0 aliphatic rings. The van der Waals surface area contributed by atoms with Crippen molar-refractivity contribution in [2.24, 2.45) is 0 Å². The summed E-state index contributed by atoms with van der Waals surface area (Å²) in [6.45, 7) is 2.23. The Hall–Kier alpha value is 0.0200. The summed E-state index contributed by atoms with van der Waals surface area (Å²) >= 11 is 3.73. The highest BCUT2D eigenvalue weighted by molar-refractivity contribution is 7.96. The second-order valence-electron chi connectivity index (χ2n) is 3.62. The van der Waals surface area contributed by atoms with Gasteiger partial charge < -0.3 is 0 Å². The number of carbonyl (C=O) groups is 1. The molecule has 0 heterocycles. The van der Waals surface area contributed by atoms with Crippen molar-refractivity contribution in [3.63, 3.8) is 0 Å². The number of rotatable bonds is 9. The molecule has 0 N–H and O–H groups in total. The van der Waals surface area contributed by atoms with Crippen molar-refractivity contribution < 1.29 is 4.79 Å².